The third kappa shape index (κ3) is 6.43. The monoisotopic (exact) mass is 372 g/mol. The van der Waals surface area contributed by atoms with Gasteiger partial charge in [-0.05, 0) is 43.2 Å². The Morgan fingerprint density at radius 3 is 2.48 bits per heavy atom. The van der Waals surface area contributed by atoms with Gasteiger partial charge in [0.05, 0.1) is 11.3 Å². The van der Waals surface area contributed by atoms with E-state index in [-0.39, 0.29) is 36.9 Å². The van der Waals surface area contributed by atoms with Gasteiger partial charge in [-0.15, -0.1) is 0 Å². The van der Waals surface area contributed by atoms with Gasteiger partial charge in [-0.3, -0.25) is 19.7 Å². The maximum Gasteiger partial charge on any atom is 0.312 e. The van der Waals surface area contributed by atoms with Crippen LogP contribution < -0.4 is 14.8 Å². The van der Waals surface area contributed by atoms with Gasteiger partial charge in [0.1, 0.15) is 11.5 Å². The normalized spacial score (nSPS) is 10.1. The molecule has 0 bridgehead atoms. The molecule has 0 aliphatic heterocycles. The SMILES string of the molecule is Cc1ccc(C)c(OCC(=O)NCCC(=O)Oc2ccc([N+](=O)[O-])cc2)c1. The number of carbonyl (C=O) groups excluding carboxylic acids is 2. The quantitative estimate of drug-likeness (QED) is 0.330. The van der Waals surface area contributed by atoms with Crippen LogP contribution in [0.4, 0.5) is 5.69 Å². The van der Waals surface area contributed by atoms with Crippen molar-refractivity contribution in [2.45, 2.75) is 20.3 Å². The number of nitrogens with zero attached hydrogens (tertiary/aromatic N) is 1. The summed E-state index contributed by atoms with van der Waals surface area (Å²) in [5, 5.41) is 13.1. The summed E-state index contributed by atoms with van der Waals surface area (Å²) in [5.74, 6) is -0.0587. The Morgan fingerprint density at radius 1 is 1.11 bits per heavy atom. The Balaban J connectivity index is 1.70. The molecule has 0 fully saturated rings. The van der Waals surface area contributed by atoms with E-state index in [1.807, 2.05) is 32.0 Å². The molecule has 0 saturated carbocycles. The van der Waals surface area contributed by atoms with Crippen molar-refractivity contribution in [2.75, 3.05) is 13.2 Å². The van der Waals surface area contributed by atoms with Crippen molar-refractivity contribution in [3.63, 3.8) is 0 Å². The average Bonchev–Trinajstić information content (AvgIpc) is 2.63. The van der Waals surface area contributed by atoms with Gasteiger partial charge in [0.15, 0.2) is 6.61 Å². The number of carbonyl (C=O) groups is 2. The van der Waals surface area contributed by atoms with E-state index in [1.165, 1.54) is 24.3 Å². The van der Waals surface area contributed by atoms with Gasteiger partial charge in [-0.1, -0.05) is 12.1 Å². The molecule has 2 aromatic rings. The molecular weight excluding hydrogens is 352 g/mol. The zero-order valence-electron chi connectivity index (χ0n) is 15.1. The summed E-state index contributed by atoms with van der Waals surface area (Å²) in [6, 6.07) is 10.9. The number of nitro groups is 1. The van der Waals surface area contributed by atoms with Gasteiger partial charge in [-0.25, -0.2) is 0 Å². The van der Waals surface area contributed by atoms with E-state index in [9.17, 15) is 19.7 Å². The second-order valence-electron chi connectivity index (χ2n) is 5.88. The maximum absolute atomic E-state index is 11.8. The molecule has 2 rings (SSSR count). The topological polar surface area (TPSA) is 108 Å². The van der Waals surface area contributed by atoms with Gasteiger partial charge in [0.2, 0.25) is 0 Å². The largest absolute Gasteiger partial charge is 0.483 e. The van der Waals surface area contributed by atoms with Crippen LogP contribution in [-0.4, -0.2) is 30.0 Å². The summed E-state index contributed by atoms with van der Waals surface area (Å²) in [6.45, 7) is 3.77. The van der Waals surface area contributed by atoms with Gasteiger partial charge in [-0.2, -0.15) is 0 Å². The first-order valence-electron chi connectivity index (χ1n) is 8.27. The second kappa shape index (κ2) is 9.33. The van der Waals surface area contributed by atoms with Crippen molar-refractivity contribution in [1.82, 2.24) is 5.32 Å². The third-order valence-electron chi connectivity index (χ3n) is 3.63. The molecule has 1 amide bonds. The van der Waals surface area contributed by atoms with Crippen LogP contribution in [0.1, 0.15) is 17.5 Å². The lowest BCUT2D eigenvalue weighted by Crippen LogP contribution is -2.31. The van der Waals surface area contributed by atoms with Gasteiger partial charge < -0.3 is 14.8 Å². The lowest BCUT2D eigenvalue weighted by atomic mass is 10.1. The summed E-state index contributed by atoms with van der Waals surface area (Å²) in [7, 11) is 0. The number of esters is 1. The molecule has 0 aliphatic rings. The van der Waals surface area contributed by atoms with Gasteiger partial charge >= 0.3 is 5.97 Å². The predicted octanol–water partition coefficient (Wildman–Crippen LogP) is 2.70. The van der Waals surface area contributed by atoms with Crippen LogP contribution in [0.15, 0.2) is 42.5 Å². The van der Waals surface area contributed by atoms with Crippen LogP contribution in [0.3, 0.4) is 0 Å². The first kappa shape index (κ1) is 19.9. The third-order valence-corrected chi connectivity index (χ3v) is 3.63. The van der Waals surface area contributed by atoms with E-state index in [0.717, 1.165) is 11.1 Å². The number of amides is 1. The zero-order valence-corrected chi connectivity index (χ0v) is 15.1. The summed E-state index contributed by atoms with van der Waals surface area (Å²) < 4.78 is 10.5. The van der Waals surface area contributed by atoms with Gasteiger partial charge in [0, 0.05) is 18.7 Å². The minimum Gasteiger partial charge on any atom is -0.483 e. The van der Waals surface area contributed by atoms with E-state index in [4.69, 9.17) is 9.47 Å². The Labute approximate surface area is 156 Å². The van der Waals surface area contributed by atoms with Crippen molar-refractivity contribution >= 4 is 17.6 Å². The van der Waals surface area contributed by atoms with Crippen molar-refractivity contribution in [1.29, 1.82) is 0 Å². The number of rotatable bonds is 8. The fourth-order valence-corrected chi connectivity index (χ4v) is 2.18. The molecule has 8 heteroatoms. The Morgan fingerprint density at radius 2 is 1.81 bits per heavy atom. The average molecular weight is 372 g/mol. The molecule has 0 heterocycles. The van der Waals surface area contributed by atoms with E-state index >= 15 is 0 Å². The number of benzene rings is 2. The number of hydrogen-bond donors (Lipinski definition) is 1. The molecule has 8 nitrogen and oxygen atoms in total. The fourth-order valence-electron chi connectivity index (χ4n) is 2.18. The molecule has 1 N–H and O–H groups in total. The van der Waals surface area contributed by atoms with Crippen molar-refractivity contribution < 1.29 is 24.0 Å². The van der Waals surface area contributed by atoms with Crippen molar-refractivity contribution in [3.8, 4) is 11.5 Å². The molecule has 0 unspecified atom stereocenters. The Bertz CT molecular complexity index is 833. The summed E-state index contributed by atoms with van der Waals surface area (Å²) in [5.41, 5.74) is 1.87. The van der Waals surface area contributed by atoms with Crippen LogP contribution in [0.25, 0.3) is 0 Å². The molecule has 0 spiro atoms. The molecule has 0 radical (unpaired) electrons. The molecule has 0 saturated heterocycles. The van der Waals surface area contributed by atoms with Crippen molar-refractivity contribution in [3.05, 3.63) is 63.7 Å². The number of hydrogen-bond acceptors (Lipinski definition) is 6. The number of nitrogens with one attached hydrogen (secondary N) is 1. The summed E-state index contributed by atoms with van der Waals surface area (Å²) >= 11 is 0. The van der Waals surface area contributed by atoms with E-state index in [0.29, 0.717) is 5.75 Å². The van der Waals surface area contributed by atoms with Crippen LogP contribution >= 0.6 is 0 Å². The lowest BCUT2D eigenvalue weighted by molar-refractivity contribution is -0.384. The van der Waals surface area contributed by atoms with E-state index in [1.54, 1.807) is 0 Å². The minimum absolute atomic E-state index is 0.0355. The molecular formula is C19H20N2O6. The highest BCUT2D eigenvalue weighted by molar-refractivity contribution is 5.78. The molecule has 0 aliphatic carbocycles. The van der Waals surface area contributed by atoms with Crippen molar-refractivity contribution in [2.24, 2.45) is 0 Å². The Kier molecular flexibility index (Phi) is 6.87. The maximum atomic E-state index is 11.8. The molecule has 2 aromatic carbocycles. The molecule has 142 valence electrons. The molecule has 0 atom stereocenters. The summed E-state index contributed by atoms with van der Waals surface area (Å²) in [4.78, 5) is 33.6. The van der Waals surface area contributed by atoms with E-state index in [2.05, 4.69) is 5.32 Å². The first-order chi connectivity index (χ1) is 12.8. The highest BCUT2D eigenvalue weighted by atomic mass is 16.6. The standard InChI is InChI=1S/C19H20N2O6/c1-13-3-4-14(2)17(11-13)26-12-18(22)20-10-9-19(23)27-16-7-5-15(6-8-16)21(24)25/h3-8,11H,9-10,12H2,1-2H3,(H,20,22). The zero-order chi connectivity index (χ0) is 19.8. The number of nitro benzene ring substituents is 1. The predicted molar refractivity (Wildman–Crippen MR) is 97.8 cm³/mol. The summed E-state index contributed by atoms with van der Waals surface area (Å²) in [6.07, 6.45) is -0.0355. The second-order valence-corrected chi connectivity index (χ2v) is 5.88. The first-order valence-corrected chi connectivity index (χ1v) is 8.27. The van der Waals surface area contributed by atoms with Crippen LogP contribution in [0, 0.1) is 24.0 Å². The highest BCUT2D eigenvalue weighted by Crippen LogP contribution is 2.19. The number of non-ortho nitro benzene ring substituents is 1. The van der Waals surface area contributed by atoms with E-state index < -0.39 is 10.9 Å². The van der Waals surface area contributed by atoms with Crippen LogP contribution in [-0.2, 0) is 9.59 Å². The lowest BCUT2D eigenvalue weighted by Gasteiger charge is -2.10. The number of ether oxygens (including phenoxy) is 2. The highest BCUT2D eigenvalue weighted by Gasteiger charge is 2.10. The van der Waals surface area contributed by atoms with Crippen LogP contribution in [0.5, 0.6) is 11.5 Å². The Hall–Kier alpha value is -3.42. The molecule has 0 aromatic heterocycles. The molecule has 27 heavy (non-hydrogen) atoms. The number of aryl methyl sites for hydroxylation is 2. The van der Waals surface area contributed by atoms with Gasteiger partial charge in [0.25, 0.3) is 11.6 Å². The minimum atomic E-state index is -0.556. The van der Waals surface area contributed by atoms with Crippen LogP contribution in [0.2, 0.25) is 0 Å². The smallest absolute Gasteiger partial charge is 0.312 e. The fraction of sp³-hybridized carbons (Fsp3) is 0.263.